The fourth-order valence-corrected chi connectivity index (χ4v) is 5.50. The van der Waals surface area contributed by atoms with Gasteiger partial charge < -0.3 is 0 Å². The standard InChI is InChI=1S/C36H24/c1-2-11-27(12-3-1)35-31-14-6-8-16-33(31)36(34-17-9-7-15-32(34)35)28-21-18-26(19-22-28)30-23-20-25-10-4-5-13-29(25)24-30/h1-24H/i1D. The van der Waals surface area contributed by atoms with Crippen molar-refractivity contribution >= 4 is 32.3 Å². The molecular weight excluding hydrogens is 432 g/mol. The molecule has 168 valence electrons. The third-order valence-electron chi connectivity index (χ3n) is 7.19. The van der Waals surface area contributed by atoms with Crippen LogP contribution >= 0.6 is 0 Å². The second-order valence-electron chi connectivity index (χ2n) is 9.27. The summed E-state index contributed by atoms with van der Waals surface area (Å²) in [6, 6.07) is 50.0. The Morgan fingerprint density at radius 1 is 0.333 bits per heavy atom. The van der Waals surface area contributed by atoms with Crippen LogP contribution in [0.15, 0.2) is 146 Å². The van der Waals surface area contributed by atoms with Crippen LogP contribution in [0, 0.1) is 0 Å². The van der Waals surface area contributed by atoms with Crippen molar-refractivity contribution in [2.45, 2.75) is 0 Å². The molecule has 0 aliphatic rings. The number of hydrogen-bond acceptors (Lipinski definition) is 0. The molecule has 7 aromatic carbocycles. The number of rotatable bonds is 3. The summed E-state index contributed by atoms with van der Waals surface area (Å²) >= 11 is 0. The van der Waals surface area contributed by atoms with Gasteiger partial charge in [-0.25, -0.2) is 0 Å². The molecule has 0 fully saturated rings. The molecule has 0 atom stereocenters. The molecule has 0 nitrogen and oxygen atoms in total. The average molecular weight is 458 g/mol. The highest BCUT2D eigenvalue weighted by Gasteiger charge is 2.16. The van der Waals surface area contributed by atoms with Gasteiger partial charge >= 0.3 is 0 Å². The normalized spacial score (nSPS) is 11.7. The van der Waals surface area contributed by atoms with Crippen molar-refractivity contribution in [3.63, 3.8) is 0 Å². The molecule has 0 heteroatoms. The van der Waals surface area contributed by atoms with Crippen molar-refractivity contribution < 1.29 is 1.37 Å². The third-order valence-corrected chi connectivity index (χ3v) is 7.19. The van der Waals surface area contributed by atoms with E-state index in [1.807, 2.05) is 12.1 Å². The first kappa shape index (κ1) is 19.6. The first-order valence-electron chi connectivity index (χ1n) is 12.9. The van der Waals surface area contributed by atoms with Crippen LogP contribution in [0.25, 0.3) is 65.7 Å². The van der Waals surface area contributed by atoms with E-state index in [1.165, 1.54) is 60.1 Å². The van der Waals surface area contributed by atoms with Crippen molar-refractivity contribution in [3.05, 3.63) is 146 Å². The van der Waals surface area contributed by atoms with E-state index < -0.39 is 0 Å². The molecule has 7 aromatic rings. The molecule has 0 aromatic heterocycles. The van der Waals surface area contributed by atoms with Gasteiger partial charge in [-0.15, -0.1) is 0 Å². The van der Waals surface area contributed by atoms with Gasteiger partial charge in [-0.05, 0) is 71.8 Å². The van der Waals surface area contributed by atoms with Crippen LogP contribution in [0.1, 0.15) is 1.37 Å². The smallest absolute Gasteiger partial charge is 0.0622 e. The summed E-state index contributed by atoms with van der Waals surface area (Å²) in [6.45, 7) is 0. The molecule has 0 bridgehead atoms. The van der Waals surface area contributed by atoms with Gasteiger partial charge in [-0.2, -0.15) is 0 Å². The Bertz CT molecular complexity index is 1860. The lowest BCUT2D eigenvalue weighted by Crippen LogP contribution is -1.90. The summed E-state index contributed by atoms with van der Waals surface area (Å²) in [4.78, 5) is 0. The molecule has 0 saturated carbocycles. The Balaban J connectivity index is 1.43. The van der Waals surface area contributed by atoms with Crippen molar-refractivity contribution in [1.82, 2.24) is 0 Å². The maximum atomic E-state index is 7.95. The lowest BCUT2D eigenvalue weighted by atomic mass is 9.86. The zero-order chi connectivity index (χ0) is 24.8. The minimum Gasteiger partial charge on any atom is -0.0622 e. The lowest BCUT2D eigenvalue weighted by Gasteiger charge is -2.18. The van der Waals surface area contributed by atoms with Gasteiger partial charge in [0.2, 0.25) is 0 Å². The SMILES string of the molecule is [2H]c1ccc(-c2c3ccccc3c(-c3ccc(-c4ccc5ccccc5c4)cc3)c3ccccc23)cc1. The summed E-state index contributed by atoms with van der Waals surface area (Å²) in [5, 5.41) is 7.46. The molecule has 0 amide bonds. The minimum absolute atomic E-state index is 0.528. The molecular formula is C36H24. The fraction of sp³-hybridized carbons (Fsp3) is 0. The molecule has 0 saturated heterocycles. The molecule has 0 radical (unpaired) electrons. The van der Waals surface area contributed by atoms with Crippen LogP contribution in [0.5, 0.6) is 0 Å². The quantitative estimate of drug-likeness (QED) is 0.232. The Labute approximate surface area is 212 Å². The van der Waals surface area contributed by atoms with E-state index in [2.05, 4.69) is 127 Å². The first-order chi connectivity index (χ1) is 18.3. The fourth-order valence-electron chi connectivity index (χ4n) is 5.50. The molecule has 36 heavy (non-hydrogen) atoms. The largest absolute Gasteiger partial charge is 0.0623 e. The van der Waals surface area contributed by atoms with E-state index in [1.54, 1.807) is 0 Å². The van der Waals surface area contributed by atoms with Crippen LogP contribution in [0.2, 0.25) is 0 Å². The van der Waals surface area contributed by atoms with Gasteiger partial charge in [0.15, 0.2) is 0 Å². The molecule has 7 rings (SSSR count). The van der Waals surface area contributed by atoms with Crippen molar-refractivity contribution in [2.24, 2.45) is 0 Å². The second-order valence-corrected chi connectivity index (χ2v) is 9.27. The number of fused-ring (bicyclic) bond motifs is 3. The Morgan fingerprint density at radius 3 is 1.36 bits per heavy atom. The molecule has 0 N–H and O–H groups in total. The summed E-state index contributed by atoms with van der Waals surface area (Å²) in [7, 11) is 0. The van der Waals surface area contributed by atoms with E-state index in [0.717, 1.165) is 5.56 Å². The van der Waals surface area contributed by atoms with Crippen molar-refractivity contribution in [2.75, 3.05) is 0 Å². The highest BCUT2D eigenvalue weighted by Crippen LogP contribution is 2.43. The monoisotopic (exact) mass is 457 g/mol. The maximum Gasteiger partial charge on any atom is 0.0623 e. The molecule has 0 heterocycles. The lowest BCUT2D eigenvalue weighted by molar-refractivity contribution is 1.62. The van der Waals surface area contributed by atoms with Crippen molar-refractivity contribution in [1.29, 1.82) is 0 Å². The highest BCUT2D eigenvalue weighted by molar-refractivity contribution is 6.21. The Hall–Kier alpha value is -4.68. The highest BCUT2D eigenvalue weighted by atomic mass is 14.2. The predicted octanol–water partition coefficient (Wildman–Crippen LogP) is 10.1. The van der Waals surface area contributed by atoms with Gasteiger partial charge in [0, 0.05) is 0 Å². The minimum atomic E-state index is 0.528. The Morgan fingerprint density at radius 2 is 0.778 bits per heavy atom. The van der Waals surface area contributed by atoms with E-state index in [-0.39, 0.29) is 0 Å². The van der Waals surface area contributed by atoms with Gasteiger partial charge in [0.25, 0.3) is 0 Å². The second kappa shape index (κ2) is 8.52. The van der Waals surface area contributed by atoms with Crippen molar-refractivity contribution in [3.8, 4) is 33.4 Å². The van der Waals surface area contributed by atoms with Crippen LogP contribution in [-0.2, 0) is 0 Å². The zero-order valence-corrected chi connectivity index (χ0v) is 19.8. The van der Waals surface area contributed by atoms with E-state index in [0.29, 0.717) is 6.04 Å². The summed E-state index contributed by atoms with van der Waals surface area (Å²) < 4.78 is 7.95. The molecule has 0 aliphatic carbocycles. The van der Waals surface area contributed by atoms with Gasteiger partial charge in [-0.3, -0.25) is 0 Å². The Kier molecular flexibility index (Phi) is 4.64. The third kappa shape index (κ3) is 3.39. The number of hydrogen-bond donors (Lipinski definition) is 0. The summed E-state index contributed by atoms with van der Waals surface area (Å²) in [5.74, 6) is 0. The molecule has 0 spiro atoms. The van der Waals surface area contributed by atoms with E-state index >= 15 is 0 Å². The predicted molar refractivity (Wildman–Crippen MR) is 155 cm³/mol. The maximum absolute atomic E-state index is 7.95. The van der Waals surface area contributed by atoms with E-state index in [4.69, 9.17) is 1.37 Å². The first-order valence-corrected chi connectivity index (χ1v) is 12.4. The van der Waals surface area contributed by atoms with Gasteiger partial charge in [0.1, 0.15) is 0 Å². The summed E-state index contributed by atoms with van der Waals surface area (Å²) in [5.41, 5.74) is 7.29. The van der Waals surface area contributed by atoms with Crippen LogP contribution in [0.3, 0.4) is 0 Å². The van der Waals surface area contributed by atoms with Gasteiger partial charge in [0.05, 0.1) is 1.37 Å². The van der Waals surface area contributed by atoms with Crippen LogP contribution in [-0.4, -0.2) is 0 Å². The van der Waals surface area contributed by atoms with Crippen LogP contribution in [0.4, 0.5) is 0 Å². The number of benzene rings is 7. The average Bonchev–Trinajstić information content (AvgIpc) is 2.96. The molecule has 0 unspecified atom stereocenters. The zero-order valence-electron chi connectivity index (χ0n) is 20.8. The van der Waals surface area contributed by atoms with Gasteiger partial charge in [-0.1, -0.05) is 140 Å². The topological polar surface area (TPSA) is 0 Å². The molecule has 0 aliphatic heterocycles. The van der Waals surface area contributed by atoms with Crippen LogP contribution < -0.4 is 0 Å². The van der Waals surface area contributed by atoms with E-state index in [9.17, 15) is 0 Å². The summed E-state index contributed by atoms with van der Waals surface area (Å²) in [6.07, 6.45) is 0.